The number of aliphatic hydroxyl groups is 1. The van der Waals surface area contributed by atoms with E-state index in [0.29, 0.717) is 16.3 Å². The smallest absolute Gasteiger partial charge is 0.294 e. The van der Waals surface area contributed by atoms with Gasteiger partial charge in [-0.15, -0.1) is 0 Å². The van der Waals surface area contributed by atoms with Crippen molar-refractivity contribution in [2.45, 2.75) is 26.3 Å². The van der Waals surface area contributed by atoms with E-state index in [2.05, 4.69) is 0 Å². The first-order valence-electron chi connectivity index (χ1n) is 8.71. The van der Waals surface area contributed by atoms with Crippen LogP contribution in [-0.2, 0) is 9.59 Å². The summed E-state index contributed by atoms with van der Waals surface area (Å²) in [6.07, 6.45) is 0.168. The van der Waals surface area contributed by atoms with E-state index in [1.165, 1.54) is 29.2 Å². The van der Waals surface area contributed by atoms with Crippen LogP contribution in [-0.4, -0.2) is 16.8 Å². The molecule has 0 aliphatic carbocycles. The Morgan fingerprint density at radius 3 is 2.36 bits per heavy atom. The molecule has 1 unspecified atom stereocenters. The van der Waals surface area contributed by atoms with Crippen molar-refractivity contribution in [1.82, 2.24) is 0 Å². The molecule has 28 heavy (non-hydrogen) atoms. The summed E-state index contributed by atoms with van der Waals surface area (Å²) in [5, 5.41) is 11.1. The molecule has 0 saturated carbocycles. The third-order valence-electron chi connectivity index (χ3n) is 4.47. The minimum atomic E-state index is -0.890. The van der Waals surface area contributed by atoms with Gasteiger partial charge < -0.3 is 5.11 Å². The third-order valence-corrected chi connectivity index (χ3v) is 5.21. The van der Waals surface area contributed by atoms with Crippen LogP contribution in [0.3, 0.4) is 0 Å². The number of carbonyl (C=O) groups excluding carboxylic acids is 2. The van der Waals surface area contributed by atoms with Crippen molar-refractivity contribution >= 4 is 40.6 Å². The Morgan fingerprint density at radius 2 is 1.79 bits per heavy atom. The fraction of sp³-hybridized carbons (Fsp3) is 0.238. The SMILES string of the molecule is CC(C)CC(=O)C1=C(O)C(=O)N(c2ccc(F)cc2)C1c1ccc(Cl)c(Cl)c1. The number of ketones is 1. The summed E-state index contributed by atoms with van der Waals surface area (Å²) < 4.78 is 13.4. The van der Waals surface area contributed by atoms with Gasteiger partial charge in [-0.25, -0.2) is 4.39 Å². The number of hydrogen-bond donors (Lipinski definition) is 1. The zero-order valence-corrected chi connectivity index (χ0v) is 16.8. The van der Waals surface area contributed by atoms with Crippen LogP contribution >= 0.6 is 23.2 Å². The van der Waals surface area contributed by atoms with E-state index in [4.69, 9.17) is 23.2 Å². The number of aliphatic hydroxyl groups excluding tert-OH is 1. The molecule has 0 saturated heterocycles. The highest BCUT2D eigenvalue weighted by Gasteiger charge is 2.44. The molecule has 0 aromatic heterocycles. The number of rotatable bonds is 5. The van der Waals surface area contributed by atoms with Crippen LogP contribution in [0, 0.1) is 11.7 Å². The molecule has 0 spiro atoms. The number of hydrogen-bond acceptors (Lipinski definition) is 3. The van der Waals surface area contributed by atoms with Crippen molar-refractivity contribution in [2.75, 3.05) is 4.90 Å². The Hall–Kier alpha value is -2.37. The molecule has 1 atom stereocenters. The van der Waals surface area contributed by atoms with Crippen molar-refractivity contribution in [3.05, 3.63) is 75.2 Å². The summed E-state index contributed by atoms with van der Waals surface area (Å²) in [5.41, 5.74) is 0.867. The molecule has 1 amide bonds. The summed E-state index contributed by atoms with van der Waals surface area (Å²) >= 11 is 12.1. The monoisotopic (exact) mass is 421 g/mol. The standard InChI is InChI=1S/C21H18Cl2FNO3/c1-11(2)9-17(26)18-19(12-3-8-15(22)16(23)10-12)25(21(28)20(18)27)14-6-4-13(24)5-7-14/h3-8,10-11,19,27H,9H2,1-2H3. The van der Waals surface area contributed by atoms with Crippen molar-refractivity contribution in [1.29, 1.82) is 0 Å². The summed E-state index contributed by atoms with van der Waals surface area (Å²) in [7, 11) is 0. The van der Waals surface area contributed by atoms with Crippen LogP contribution in [0.15, 0.2) is 53.8 Å². The Morgan fingerprint density at radius 1 is 1.14 bits per heavy atom. The molecule has 146 valence electrons. The van der Waals surface area contributed by atoms with E-state index in [1.54, 1.807) is 18.2 Å². The van der Waals surface area contributed by atoms with Crippen molar-refractivity contribution < 1.29 is 19.1 Å². The average molecular weight is 422 g/mol. The molecule has 3 rings (SSSR count). The van der Waals surface area contributed by atoms with E-state index in [9.17, 15) is 19.1 Å². The van der Waals surface area contributed by atoms with Crippen LogP contribution in [0.2, 0.25) is 10.0 Å². The molecule has 0 fully saturated rings. The molecular weight excluding hydrogens is 404 g/mol. The quantitative estimate of drug-likeness (QED) is 0.678. The number of anilines is 1. The second-order valence-corrected chi connectivity index (χ2v) is 7.83. The fourth-order valence-corrected chi connectivity index (χ4v) is 3.54. The van der Waals surface area contributed by atoms with Gasteiger partial charge in [0.15, 0.2) is 11.5 Å². The van der Waals surface area contributed by atoms with Crippen molar-refractivity contribution in [3.63, 3.8) is 0 Å². The van der Waals surface area contributed by atoms with Crippen LogP contribution < -0.4 is 4.90 Å². The molecule has 2 aromatic rings. The molecule has 1 aliphatic rings. The van der Waals surface area contributed by atoms with Crippen LogP contribution in [0.4, 0.5) is 10.1 Å². The van der Waals surface area contributed by atoms with E-state index in [-0.39, 0.29) is 28.7 Å². The normalized spacial score (nSPS) is 17.0. The molecule has 0 bridgehead atoms. The van der Waals surface area contributed by atoms with Gasteiger partial charge in [0.1, 0.15) is 5.82 Å². The molecule has 7 heteroatoms. The minimum Gasteiger partial charge on any atom is -0.503 e. The number of carbonyl (C=O) groups is 2. The summed E-state index contributed by atoms with van der Waals surface area (Å²) in [5.74, 6) is -2.09. The zero-order chi connectivity index (χ0) is 20.6. The number of halogens is 3. The maximum atomic E-state index is 13.4. The maximum absolute atomic E-state index is 13.4. The van der Waals surface area contributed by atoms with E-state index in [1.807, 2.05) is 13.8 Å². The predicted molar refractivity (Wildman–Crippen MR) is 107 cm³/mol. The topological polar surface area (TPSA) is 57.6 Å². The highest BCUT2D eigenvalue weighted by molar-refractivity contribution is 6.42. The van der Waals surface area contributed by atoms with Crippen molar-refractivity contribution in [3.8, 4) is 0 Å². The summed E-state index contributed by atoms with van der Waals surface area (Å²) in [4.78, 5) is 27.0. The maximum Gasteiger partial charge on any atom is 0.294 e. The van der Waals surface area contributed by atoms with E-state index >= 15 is 0 Å². The number of nitrogens with zero attached hydrogens (tertiary/aromatic N) is 1. The third kappa shape index (κ3) is 3.77. The van der Waals surface area contributed by atoms with Gasteiger partial charge in [-0.05, 0) is 47.9 Å². The molecular formula is C21H18Cl2FNO3. The lowest BCUT2D eigenvalue weighted by Gasteiger charge is -2.27. The van der Waals surface area contributed by atoms with Gasteiger partial charge in [0.25, 0.3) is 5.91 Å². The lowest BCUT2D eigenvalue weighted by atomic mass is 9.92. The van der Waals surface area contributed by atoms with E-state index in [0.717, 1.165) is 0 Å². The van der Waals surface area contributed by atoms with Gasteiger partial charge in [-0.3, -0.25) is 14.5 Å². The van der Waals surface area contributed by atoms with E-state index < -0.39 is 23.5 Å². The first-order valence-corrected chi connectivity index (χ1v) is 9.46. The molecule has 0 radical (unpaired) electrons. The van der Waals surface area contributed by atoms with Gasteiger partial charge in [0.05, 0.1) is 21.7 Å². The van der Waals surface area contributed by atoms with Gasteiger partial charge >= 0.3 is 0 Å². The Bertz CT molecular complexity index is 970. The lowest BCUT2D eigenvalue weighted by Crippen LogP contribution is -2.31. The second kappa shape index (κ2) is 7.94. The van der Waals surface area contributed by atoms with Gasteiger partial charge in [-0.2, -0.15) is 0 Å². The van der Waals surface area contributed by atoms with Crippen LogP contribution in [0.25, 0.3) is 0 Å². The number of amides is 1. The van der Waals surface area contributed by atoms with Gasteiger partial charge in [0.2, 0.25) is 0 Å². The van der Waals surface area contributed by atoms with Gasteiger partial charge in [0, 0.05) is 12.1 Å². The lowest BCUT2D eigenvalue weighted by molar-refractivity contribution is -0.118. The average Bonchev–Trinajstić information content (AvgIpc) is 2.89. The highest BCUT2D eigenvalue weighted by Crippen LogP contribution is 2.42. The fourth-order valence-electron chi connectivity index (χ4n) is 3.24. The Kier molecular flexibility index (Phi) is 5.77. The van der Waals surface area contributed by atoms with Gasteiger partial charge in [-0.1, -0.05) is 43.1 Å². The highest BCUT2D eigenvalue weighted by atomic mass is 35.5. The minimum absolute atomic E-state index is 0.00131. The summed E-state index contributed by atoms with van der Waals surface area (Å²) in [6, 6.07) is 9.12. The number of Topliss-reactive ketones (excluding diaryl/α,β-unsaturated/α-hetero) is 1. The Labute approximate surface area is 172 Å². The molecule has 1 heterocycles. The largest absolute Gasteiger partial charge is 0.503 e. The summed E-state index contributed by atoms with van der Waals surface area (Å²) in [6.45, 7) is 3.75. The van der Waals surface area contributed by atoms with Crippen LogP contribution in [0.5, 0.6) is 0 Å². The second-order valence-electron chi connectivity index (χ2n) is 7.01. The molecule has 2 aromatic carbocycles. The molecule has 1 aliphatic heterocycles. The molecule has 4 nitrogen and oxygen atoms in total. The van der Waals surface area contributed by atoms with Crippen molar-refractivity contribution in [2.24, 2.45) is 5.92 Å². The first-order chi connectivity index (χ1) is 13.2. The Balaban J connectivity index is 2.16. The number of benzene rings is 2. The van der Waals surface area contributed by atoms with Crippen LogP contribution in [0.1, 0.15) is 31.9 Å². The first kappa shape index (κ1) is 20.4. The molecule has 1 N–H and O–H groups in total. The predicted octanol–water partition coefficient (Wildman–Crippen LogP) is 5.65. The zero-order valence-electron chi connectivity index (χ0n) is 15.2.